The normalized spacial score (nSPS) is 11.2. The number of nitrogens with one attached hydrogen (secondary N) is 1. The van der Waals surface area contributed by atoms with Crippen molar-refractivity contribution in [1.82, 2.24) is 9.97 Å². The minimum Gasteiger partial charge on any atom is -0.760 e. The molecule has 6 heteroatoms. The van der Waals surface area contributed by atoms with Gasteiger partial charge in [0.15, 0.2) is 0 Å². The lowest BCUT2D eigenvalue weighted by atomic mass is 9.87. The van der Waals surface area contributed by atoms with Gasteiger partial charge in [-0.1, -0.05) is 0 Å². The average Bonchev–Trinajstić information content (AvgIpc) is 2.26. The highest BCUT2D eigenvalue weighted by molar-refractivity contribution is 5.73. The molecule has 0 aliphatic carbocycles. The fourth-order valence-corrected chi connectivity index (χ4v) is 1.18. The van der Waals surface area contributed by atoms with Crippen LogP contribution in [0.4, 0.5) is 5.82 Å². The van der Waals surface area contributed by atoms with Crippen molar-refractivity contribution in [3.63, 3.8) is 0 Å². The van der Waals surface area contributed by atoms with Crippen LogP contribution in [0, 0.1) is 10.6 Å². The monoisotopic (exact) mass is 225 g/mol. The van der Waals surface area contributed by atoms with Crippen LogP contribution in [-0.2, 0) is 11.2 Å². The number of nitrogens with zero attached hydrogens (tertiary/aromatic N) is 2. The highest BCUT2D eigenvalue weighted by Crippen LogP contribution is 2.24. The van der Waals surface area contributed by atoms with Crippen LogP contribution in [0.3, 0.4) is 0 Å². The van der Waals surface area contributed by atoms with Crippen LogP contribution in [0.2, 0.25) is 0 Å². The second-order valence-electron chi connectivity index (χ2n) is 4.17. The number of rotatable bonds is 5. The number of carbonyl (C=O) groups excluding carboxylic acids is 1. The van der Waals surface area contributed by atoms with Crippen molar-refractivity contribution in [2.75, 3.05) is 5.48 Å². The Balaban J connectivity index is 2.71. The average molecular weight is 225 g/mol. The number of anilines is 1. The number of hydrogen-bond donors (Lipinski definition) is 1. The Morgan fingerprint density at radius 3 is 2.69 bits per heavy atom. The zero-order chi connectivity index (χ0) is 12.2. The Labute approximate surface area is 93.3 Å². The van der Waals surface area contributed by atoms with Crippen LogP contribution in [0.15, 0.2) is 12.4 Å². The van der Waals surface area contributed by atoms with Crippen molar-refractivity contribution in [3.8, 4) is 0 Å². The lowest BCUT2D eigenvalue weighted by Crippen LogP contribution is -2.24. The molecule has 0 radical (unpaired) electrons. The molecular formula is C10H15N3O3. The standard InChI is InChI=1S/C10H14N3O3/c1-10(2,9(14)15)4-3-7-8(13-16)12-6-5-11-7/h5-6H,3-4H2,1-2H3,(H2-,11,12,13,14,15,16)/q-1/p+1. The first-order chi connectivity index (χ1) is 7.47. The SMILES string of the molecule is CC(C)(CCc1nccnc1N[O-])C(=O)[OH2+]. The summed E-state index contributed by atoms with van der Waals surface area (Å²) in [5.74, 6) is -0.441. The summed E-state index contributed by atoms with van der Waals surface area (Å²) in [6.45, 7) is 3.39. The fourth-order valence-electron chi connectivity index (χ4n) is 1.18. The lowest BCUT2D eigenvalue weighted by molar-refractivity contribution is -0.147. The first-order valence-electron chi connectivity index (χ1n) is 4.91. The van der Waals surface area contributed by atoms with Crippen LogP contribution in [0.5, 0.6) is 0 Å². The molecule has 16 heavy (non-hydrogen) atoms. The maximum atomic E-state index is 11.0. The van der Waals surface area contributed by atoms with E-state index in [-0.39, 0.29) is 5.82 Å². The van der Waals surface area contributed by atoms with Gasteiger partial charge in [0, 0.05) is 17.2 Å². The van der Waals surface area contributed by atoms with Crippen molar-refractivity contribution < 1.29 is 9.90 Å². The van der Waals surface area contributed by atoms with E-state index in [1.165, 1.54) is 12.4 Å². The lowest BCUT2D eigenvalue weighted by Gasteiger charge is -2.16. The van der Waals surface area contributed by atoms with Gasteiger partial charge in [0.1, 0.15) is 11.2 Å². The summed E-state index contributed by atoms with van der Waals surface area (Å²) in [4.78, 5) is 18.8. The Morgan fingerprint density at radius 2 is 2.12 bits per heavy atom. The maximum Gasteiger partial charge on any atom is 0.521 e. The Morgan fingerprint density at radius 1 is 1.50 bits per heavy atom. The van der Waals surface area contributed by atoms with Crippen LogP contribution in [0.1, 0.15) is 26.0 Å². The maximum absolute atomic E-state index is 11.0. The van der Waals surface area contributed by atoms with Gasteiger partial charge >= 0.3 is 5.97 Å². The third-order valence-corrected chi connectivity index (χ3v) is 2.47. The zero-order valence-electron chi connectivity index (χ0n) is 9.28. The van der Waals surface area contributed by atoms with E-state index in [9.17, 15) is 10.0 Å². The molecule has 0 saturated carbocycles. The number of aryl methyl sites for hydroxylation is 1. The van der Waals surface area contributed by atoms with Gasteiger partial charge in [0.25, 0.3) is 0 Å². The molecule has 0 fully saturated rings. The molecule has 1 aromatic heterocycles. The Hall–Kier alpha value is -1.69. The van der Waals surface area contributed by atoms with E-state index in [4.69, 9.17) is 5.11 Å². The molecule has 0 spiro atoms. The van der Waals surface area contributed by atoms with Gasteiger partial charge in [0.05, 0.1) is 5.69 Å². The molecule has 0 bridgehead atoms. The topological polar surface area (TPSA) is 101 Å². The van der Waals surface area contributed by atoms with Crippen LogP contribution < -0.4 is 5.48 Å². The molecule has 0 unspecified atom stereocenters. The minimum absolute atomic E-state index is 0.177. The largest absolute Gasteiger partial charge is 0.760 e. The summed E-state index contributed by atoms with van der Waals surface area (Å²) in [5, 5.41) is 17.6. The first-order valence-corrected chi connectivity index (χ1v) is 4.91. The molecule has 3 N–H and O–H groups in total. The van der Waals surface area contributed by atoms with E-state index >= 15 is 0 Å². The highest BCUT2D eigenvalue weighted by atomic mass is 16.5. The first kappa shape index (κ1) is 12.4. The van der Waals surface area contributed by atoms with Crippen molar-refractivity contribution in [3.05, 3.63) is 23.3 Å². The molecule has 0 saturated heterocycles. The van der Waals surface area contributed by atoms with Crippen molar-refractivity contribution in [1.29, 1.82) is 0 Å². The predicted molar refractivity (Wildman–Crippen MR) is 59.7 cm³/mol. The molecule has 1 heterocycles. The van der Waals surface area contributed by atoms with Crippen LogP contribution >= 0.6 is 0 Å². The summed E-state index contributed by atoms with van der Waals surface area (Å²) in [6, 6.07) is 0. The molecule has 0 atom stereocenters. The summed E-state index contributed by atoms with van der Waals surface area (Å²) in [7, 11) is 0. The quantitative estimate of drug-likeness (QED) is 0.584. The van der Waals surface area contributed by atoms with Crippen molar-refractivity contribution in [2.24, 2.45) is 5.41 Å². The molecular weight excluding hydrogens is 210 g/mol. The molecule has 0 aliphatic rings. The third kappa shape index (κ3) is 2.90. The van der Waals surface area contributed by atoms with Crippen molar-refractivity contribution >= 4 is 11.8 Å². The number of aromatic nitrogens is 2. The number of hydrogen-bond acceptors (Lipinski definition) is 5. The molecule has 6 nitrogen and oxygen atoms in total. The van der Waals surface area contributed by atoms with Gasteiger partial charge in [-0.25, -0.2) is 4.98 Å². The fraction of sp³-hybridized carbons (Fsp3) is 0.500. The van der Waals surface area contributed by atoms with Gasteiger partial charge < -0.3 is 15.8 Å². The minimum atomic E-state index is -0.725. The molecule has 1 rings (SSSR count). The second-order valence-corrected chi connectivity index (χ2v) is 4.17. The van der Waals surface area contributed by atoms with E-state index < -0.39 is 11.4 Å². The molecule has 0 aliphatic heterocycles. The summed E-state index contributed by atoms with van der Waals surface area (Å²) >= 11 is 0. The van der Waals surface area contributed by atoms with E-state index in [0.29, 0.717) is 18.5 Å². The smallest absolute Gasteiger partial charge is 0.521 e. The Kier molecular flexibility index (Phi) is 3.78. The van der Waals surface area contributed by atoms with Crippen LogP contribution in [-0.4, -0.2) is 21.0 Å². The third-order valence-electron chi connectivity index (χ3n) is 2.47. The van der Waals surface area contributed by atoms with Gasteiger partial charge in [-0.05, 0) is 26.7 Å². The van der Waals surface area contributed by atoms with E-state index in [1.54, 1.807) is 19.3 Å². The van der Waals surface area contributed by atoms with Gasteiger partial charge in [-0.3, -0.25) is 4.98 Å². The zero-order valence-corrected chi connectivity index (χ0v) is 9.28. The molecule has 1 aromatic rings. The van der Waals surface area contributed by atoms with Crippen LogP contribution in [0.25, 0.3) is 0 Å². The molecule has 0 amide bonds. The summed E-state index contributed by atoms with van der Waals surface area (Å²) in [5.41, 5.74) is 1.50. The van der Waals surface area contributed by atoms with E-state index in [0.717, 1.165) is 0 Å². The molecule has 88 valence electrons. The van der Waals surface area contributed by atoms with E-state index in [1.807, 2.05) is 0 Å². The molecule has 0 aromatic carbocycles. The Bertz CT molecular complexity index is 379. The van der Waals surface area contributed by atoms with E-state index in [2.05, 4.69) is 9.97 Å². The number of carbonyl (C=O) groups is 1. The summed E-state index contributed by atoms with van der Waals surface area (Å²) in [6.07, 6.45) is 3.81. The summed E-state index contributed by atoms with van der Waals surface area (Å²) < 4.78 is 0. The van der Waals surface area contributed by atoms with Gasteiger partial charge in [-0.2, -0.15) is 0 Å². The van der Waals surface area contributed by atoms with Crippen molar-refractivity contribution in [2.45, 2.75) is 26.7 Å². The van der Waals surface area contributed by atoms with Gasteiger partial charge in [0.2, 0.25) is 0 Å². The highest BCUT2D eigenvalue weighted by Gasteiger charge is 2.34. The predicted octanol–water partition coefficient (Wildman–Crippen LogP) is 0.596. The second kappa shape index (κ2) is 4.89. The van der Waals surface area contributed by atoms with Gasteiger partial charge in [-0.15, -0.1) is 0 Å².